The Hall–Kier alpha value is -1.96. The first kappa shape index (κ1) is 30.6. The zero-order valence-electron chi connectivity index (χ0n) is 19.9. The van der Waals surface area contributed by atoms with E-state index in [0.717, 1.165) is 11.1 Å². The minimum atomic E-state index is -0.388. The van der Waals surface area contributed by atoms with E-state index in [4.69, 9.17) is 62.7 Å². The fraction of sp³-hybridized carbons (Fsp3) is 0.185. The molecule has 0 bridgehead atoms. The van der Waals surface area contributed by atoms with Gasteiger partial charge >= 0.3 is 0 Å². The van der Waals surface area contributed by atoms with E-state index in [1.807, 2.05) is 52.1 Å². The number of rotatable bonds is 10. The second-order valence-corrected chi connectivity index (χ2v) is 10.4. The number of hydrogen-bond acceptors (Lipinski definition) is 2. The maximum Gasteiger partial charge on any atom is 0.243 e. The number of imidazole rings is 1. The van der Waals surface area contributed by atoms with Crippen molar-refractivity contribution in [3.63, 3.8) is 0 Å². The van der Waals surface area contributed by atoms with Gasteiger partial charge in [-0.2, -0.15) is 0 Å². The van der Waals surface area contributed by atoms with Gasteiger partial charge in [0.25, 0.3) is 0 Å². The second-order valence-electron chi connectivity index (χ2n) is 8.33. The molecule has 0 saturated carbocycles. The van der Waals surface area contributed by atoms with Gasteiger partial charge in [0.1, 0.15) is 25.0 Å². The molecule has 4 rings (SSSR count). The SMILES string of the molecule is O=C(CCn1cc[n+](CC(OCc2ccc(Cl)cc2Cl)c2ccc(Cl)cc2Cl)c1)Nc1ccccc1Cl.[Cl-]. The summed E-state index contributed by atoms with van der Waals surface area (Å²) in [5, 5.41) is 5.48. The molecule has 1 aromatic heterocycles. The summed E-state index contributed by atoms with van der Waals surface area (Å²) in [7, 11) is 0. The first-order chi connectivity index (χ1) is 17.8. The zero-order valence-corrected chi connectivity index (χ0v) is 24.4. The molecule has 1 amide bonds. The van der Waals surface area contributed by atoms with Gasteiger partial charge in [0.15, 0.2) is 0 Å². The summed E-state index contributed by atoms with van der Waals surface area (Å²) in [4.78, 5) is 12.4. The van der Waals surface area contributed by atoms with E-state index >= 15 is 0 Å². The minimum absolute atomic E-state index is 0. The van der Waals surface area contributed by atoms with Crippen LogP contribution in [0.2, 0.25) is 25.1 Å². The Kier molecular flexibility index (Phi) is 11.6. The lowest BCUT2D eigenvalue weighted by molar-refractivity contribution is -0.704. The highest BCUT2D eigenvalue weighted by atomic mass is 35.5. The van der Waals surface area contributed by atoms with Crippen molar-refractivity contribution >= 4 is 69.6 Å². The van der Waals surface area contributed by atoms with Crippen LogP contribution >= 0.6 is 58.0 Å². The highest BCUT2D eigenvalue weighted by Crippen LogP contribution is 2.31. The lowest BCUT2D eigenvalue weighted by atomic mass is 10.1. The molecule has 1 unspecified atom stereocenters. The number of carbonyl (C=O) groups is 1. The predicted molar refractivity (Wildman–Crippen MR) is 150 cm³/mol. The number of nitrogens with one attached hydrogen (secondary N) is 1. The number of anilines is 1. The topological polar surface area (TPSA) is 47.1 Å². The smallest absolute Gasteiger partial charge is 0.243 e. The van der Waals surface area contributed by atoms with Gasteiger partial charge in [-0.25, -0.2) is 9.13 Å². The Labute approximate surface area is 252 Å². The van der Waals surface area contributed by atoms with E-state index in [-0.39, 0.29) is 37.4 Å². The van der Waals surface area contributed by atoms with Crippen molar-refractivity contribution in [3.05, 3.63) is 116 Å². The average Bonchev–Trinajstić information content (AvgIpc) is 3.30. The summed E-state index contributed by atoms with van der Waals surface area (Å²) in [5.74, 6) is -0.123. The number of aromatic nitrogens is 2. The number of nitrogens with zero attached hydrogens (tertiary/aromatic N) is 2. The van der Waals surface area contributed by atoms with Crippen molar-refractivity contribution in [1.82, 2.24) is 4.57 Å². The molecular formula is C27H23Cl6N3O2. The van der Waals surface area contributed by atoms with Gasteiger partial charge in [-0.15, -0.1) is 0 Å². The van der Waals surface area contributed by atoms with Crippen molar-refractivity contribution in [2.75, 3.05) is 5.32 Å². The van der Waals surface area contributed by atoms with Gasteiger partial charge < -0.3 is 22.5 Å². The Morgan fingerprint density at radius 3 is 2.34 bits per heavy atom. The molecule has 1 heterocycles. The second kappa shape index (κ2) is 14.4. The summed E-state index contributed by atoms with van der Waals surface area (Å²) in [5.41, 5.74) is 2.21. The van der Waals surface area contributed by atoms with E-state index in [0.29, 0.717) is 43.9 Å². The van der Waals surface area contributed by atoms with Crippen LogP contribution in [-0.2, 0) is 29.2 Å². The number of carbonyl (C=O) groups excluding carboxylic acids is 1. The third-order valence-corrected chi connectivity index (χ3v) is 7.11. The van der Waals surface area contributed by atoms with E-state index < -0.39 is 0 Å². The number of hydrogen-bond donors (Lipinski definition) is 1. The molecule has 4 aromatic rings. The normalized spacial score (nSPS) is 11.6. The molecule has 0 saturated heterocycles. The van der Waals surface area contributed by atoms with Gasteiger partial charge in [0.2, 0.25) is 12.2 Å². The van der Waals surface area contributed by atoms with Crippen LogP contribution in [0, 0.1) is 0 Å². The van der Waals surface area contributed by atoms with E-state index in [1.54, 1.807) is 36.4 Å². The van der Waals surface area contributed by atoms with Crippen LogP contribution in [0.25, 0.3) is 0 Å². The van der Waals surface area contributed by atoms with Gasteiger partial charge in [-0.3, -0.25) is 4.79 Å². The molecule has 0 aliphatic heterocycles. The Balaban J connectivity index is 0.00000400. The van der Waals surface area contributed by atoms with Crippen LogP contribution in [-0.4, -0.2) is 10.5 Å². The Bertz CT molecular complexity index is 1390. The molecule has 0 aliphatic rings. The number of halogens is 6. The number of aryl methyl sites for hydroxylation is 1. The van der Waals surface area contributed by atoms with Crippen molar-refractivity contribution in [1.29, 1.82) is 0 Å². The standard InChI is InChI=1S/C27H22Cl5N3O2.ClH/c28-19-6-5-18(23(31)13-19)16-37-26(21-8-7-20(29)14-24(21)32)15-35-12-11-34(17-35)10-9-27(36)33-25-4-2-1-3-22(25)30;/h1-8,11-14,17,26H,9-10,15-16H2;1H. The van der Waals surface area contributed by atoms with Crippen LogP contribution in [0.3, 0.4) is 0 Å². The Morgan fingerprint density at radius 1 is 0.921 bits per heavy atom. The highest BCUT2D eigenvalue weighted by molar-refractivity contribution is 6.35. The third-order valence-electron chi connectivity index (χ3n) is 5.63. The maximum atomic E-state index is 12.4. The number of amides is 1. The van der Waals surface area contributed by atoms with Crippen LogP contribution in [0.15, 0.2) is 79.4 Å². The summed E-state index contributed by atoms with van der Waals surface area (Å²) < 4.78 is 10.2. The van der Waals surface area contributed by atoms with Crippen LogP contribution in [0.4, 0.5) is 5.69 Å². The van der Waals surface area contributed by atoms with Crippen molar-refractivity contribution in [2.45, 2.75) is 32.2 Å². The summed E-state index contributed by atoms with van der Waals surface area (Å²) >= 11 is 31.1. The highest BCUT2D eigenvalue weighted by Gasteiger charge is 2.21. The zero-order chi connectivity index (χ0) is 26.4. The van der Waals surface area contributed by atoms with Crippen molar-refractivity contribution < 1.29 is 26.5 Å². The number of para-hydroxylation sites is 1. The molecule has 0 aliphatic carbocycles. The third kappa shape index (κ3) is 8.52. The van der Waals surface area contributed by atoms with E-state index in [1.165, 1.54) is 0 Å². The Morgan fingerprint density at radius 2 is 1.63 bits per heavy atom. The quantitative estimate of drug-likeness (QED) is 0.249. The molecule has 3 aromatic carbocycles. The monoisotopic (exact) mass is 631 g/mol. The summed E-state index contributed by atoms with van der Waals surface area (Å²) in [6.45, 7) is 1.24. The van der Waals surface area contributed by atoms with Crippen LogP contribution in [0.5, 0.6) is 0 Å². The van der Waals surface area contributed by atoms with Gasteiger partial charge in [-0.1, -0.05) is 82.3 Å². The fourth-order valence-corrected chi connectivity index (χ4v) is 4.89. The molecule has 1 atom stereocenters. The number of benzene rings is 3. The van der Waals surface area contributed by atoms with Crippen molar-refractivity contribution in [2.24, 2.45) is 0 Å². The lowest BCUT2D eigenvalue weighted by Crippen LogP contribution is -3.00. The van der Waals surface area contributed by atoms with Gasteiger partial charge in [0.05, 0.1) is 30.3 Å². The maximum absolute atomic E-state index is 12.4. The van der Waals surface area contributed by atoms with Gasteiger partial charge in [-0.05, 0) is 42.0 Å². The summed E-state index contributed by atoms with van der Waals surface area (Å²) in [6.07, 6.45) is 5.64. The van der Waals surface area contributed by atoms with Crippen LogP contribution < -0.4 is 22.3 Å². The molecule has 200 valence electrons. The summed E-state index contributed by atoms with van der Waals surface area (Å²) in [6, 6.07) is 17.8. The molecule has 0 spiro atoms. The molecule has 0 fully saturated rings. The molecular weight excluding hydrogens is 611 g/mol. The van der Waals surface area contributed by atoms with E-state index in [2.05, 4.69) is 5.32 Å². The molecule has 5 nitrogen and oxygen atoms in total. The first-order valence-electron chi connectivity index (χ1n) is 11.4. The molecule has 0 radical (unpaired) electrons. The predicted octanol–water partition coefficient (Wildman–Crippen LogP) is 5.03. The first-order valence-corrected chi connectivity index (χ1v) is 13.3. The molecule has 38 heavy (non-hydrogen) atoms. The number of ether oxygens (including phenoxy) is 1. The average molecular weight is 634 g/mol. The van der Waals surface area contributed by atoms with Crippen LogP contribution in [0.1, 0.15) is 23.7 Å². The van der Waals surface area contributed by atoms with Gasteiger partial charge in [0, 0.05) is 25.7 Å². The largest absolute Gasteiger partial charge is 1.00 e. The lowest BCUT2D eigenvalue weighted by Gasteiger charge is -2.19. The van der Waals surface area contributed by atoms with E-state index in [9.17, 15) is 4.79 Å². The molecule has 11 heteroatoms. The fourth-order valence-electron chi connectivity index (χ4n) is 3.71. The molecule has 1 N–H and O–H groups in total. The minimum Gasteiger partial charge on any atom is -1.00 e. The van der Waals surface area contributed by atoms with Crippen molar-refractivity contribution in [3.8, 4) is 0 Å².